The van der Waals surface area contributed by atoms with Crippen LogP contribution < -0.4 is 5.32 Å². The molecule has 0 aliphatic carbocycles. The average Bonchev–Trinajstić information content (AvgIpc) is 3.23. The lowest BCUT2D eigenvalue weighted by atomic mass is 9.85. The average molecular weight is 506 g/mol. The Balaban J connectivity index is 1.13. The molecule has 0 saturated carbocycles. The molecule has 0 fully saturated rings. The molecule has 3 nitrogen and oxygen atoms in total. The van der Waals surface area contributed by atoms with Crippen LogP contribution in [0.1, 0.15) is 74.6 Å². The van der Waals surface area contributed by atoms with Gasteiger partial charge in [-0.3, -0.25) is 14.9 Å². The van der Waals surface area contributed by atoms with Crippen molar-refractivity contribution in [1.82, 2.24) is 5.32 Å². The number of carbonyl (C=O) groups is 2. The zero-order chi connectivity index (χ0) is 25.5. The van der Waals surface area contributed by atoms with Crippen molar-refractivity contribution in [2.75, 3.05) is 5.75 Å². The molecule has 0 aromatic heterocycles. The van der Waals surface area contributed by atoms with Gasteiger partial charge < -0.3 is 0 Å². The van der Waals surface area contributed by atoms with Crippen LogP contribution in [0.2, 0.25) is 0 Å². The summed E-state index contributed by atoms with van der Waals surface area (Å²) in [7, 11) is 0. The smallest absolute Gasteiger partial charge is 0.259 e. The van der Waals surface area contributed by atoms with Crippen molar-refractivity contribution in [3.63, 3.8) is 0 Å². The van der Waals surface area contributed by atoms with E-state index in [-0.39, 0.29) is 17.7 Å². The number of fused-ring (bicyclic) bond motifs is 1. The summed E-state index contributed by atoms with van der Waals surface area (Å²) in [6.45, 7) is 0. The Hall–Kier alpha value is -3.63. The molecule has 1 aliphatic heterocycles. The first kappa shape index (κ1) is 25.0. The quantitative estimate of drug-likeness (QED) is 0.0986. The Bertz CT molecular complexity index is 1330. The van der Waals surface area contributed by atoms with E-state index in [9.17, 15) is 9.59 Å². The number of aryl methyl sites for hydroxylation is 1. The van der Waals surface area contributed by atoms with E-state index in [2.05, 4.69) is 90.2 Å². The van der Waals surface area contributed by atoms with Crippen molar-refractivity contribution in [2.45, 2.75) is 42.9 Å². The van der Waals surface area contributed by atoms with Crippen molar-refractivity contribution in [1.29, 1.82) is 0 Å². The van der Waals surface area contributed by atoms with E-state index in [0.717, 1.165) is 43.4 Å². The molecule has 1 aliphatic rings. The van der Waals surface area contributed by atoms with Crippen molar-refractivity contribution >= 4 is 23.6 Å². The minimum absolute atomic E-state index is 0.222. The number of thioether (sulfide) groups is 1. The first-order valence-corrected chi connectivity index (χ1v) is 14.0. The van der Waals surface area contributed by atoms with Crippen LogP contribution in [-0.4, -0.2) is 17.6 Å². The molecule has 4 aromatic carbocycles. The monoisotopic (exact) mass is 505 g/mol. The van der Waals surface area contributed by atoms with Crippen LogP contribution in [0.25, 0.3) is 0 Å². The van der Waals surface area contributed by atoms with Gasteiger partial charge in [-0.1, -0.05) is 97.8 Å². The van der Waals surface area contributed by atoms with Crippen LogP contribution in [0, 0.1) is 0 Å². The number of nitrogens with one attached hydrogen (secondary N) is 1. The molecule has 1 heterocycles. The zero-order valence-electron chi connectivity index (χ0n) is 20.9. The van der Waals surface area contributed by atoms with E-state index in [1.807, 2.05) is 23.9 Å². The second-order valence-electron chi connectivity index (χ2n) is 9.46. The Labute approximate surface area is 223 Å². The molecule has 4 heteroatoms. The molecule has 0 atom stereocenters. The van der Waals surface area contributed by atoms with Gasteiger partial charge in [-0.15, -0.1) is 11.8 Å². The normalized spacial score (nSPS) is 12.6. The summed E-state index contributed by atoms with van der Waals surface area (Å²) in [5.74, 6) is 0.778. The summed E-state index contributed by atoms with van der Waals surface area (Å²) in [5.41, 5.74) is 6.01. The second kappa shape index (κ2) is 12.1. The van der Waals surface area contributed by atoms with Gasteiger partial charge >= 0.3 is 0 Å². The van der Waals surface area contributed by atoms with Crippen molar-refractivity contribution in [3.8, 4) is 0 Å². The lowest BCUT2D eigenvalue weighted by molar-refractivity contribution is 0.0879. The van der Waals surface area contributed by atoms with Gasteiger partial charge in [0, 0.05) is 10.8 Å². The molecule has 4 aromatic rings. The topological polar surface area (TPSA) is 46.2 Å². The SMILES string of the molecule is O=C1NC(=O)c2c(CCCCCCSc3cccc(C(c4ccccc4)c4ccccc4)c3)cccc21. The minimum Gasteiger partial charge on any atom is -0.288 e. The highest BCUT2D eigenvalue weighted by Crippen LogP contribution is 2.34. The molecule has 1 N–H and O–H groups in total. The van der Waals surface area contributed by atoms with Gasteiger partial charge in [-0.25, -0.2) is 0 Å². The van der Waals surface area contributed by atoms with Crippen LogP contribution in [-0.2, 0) is 6.42 Å². The first-order chi connectivity index (χ1) is 18.2. The van der Waals surface area contributed by atoms with Crippen molar-refractivity contribution in [3.05, 3.63) is 137 Å². The third-order valence-corrected chi connectivity index (χ3v) is 8.00. The van der Waals surface area contributed by atoms with Gasteiger partial charge in [0.25, 0.3) is 11.8 Å². The van der Waals surface area contributed by atoms with Crippen LogP contribution in [0.5, 0.6) is 0 Å². The number of benzene rings is 4. The Morgan fingerprint density at radius 3 is 2.00 bits per heavy atom. The molecule has 5 rings (SSSR count). The van der Waals surface area contributed by atoms with Gasteiger partial charge in [0.05, 0.1) is 11.1 Å². The Morgan fingerprint density at radius 2 is 1.27 bits per heavy atom. The van der Waals surface area contributed by atoms with Gasteiger partial charge in [-0.05, 0) is 65.5 Å². The van der Waals surface area contributed by atoms with Crippen molar-refractivity contribution < 1.29 is 9.59 Å². The minimum atomic E-state index is -0.276. The molecular weight excluding hydrogens is 474 g/mol. The fourth-order valence-electron chi connectivity index (χ4n) is 5.11. The largest absolute Gasteiger partial charge is 0.288 e. The molecule has 0 saturated heterocycles. The highest BCUT2D eigenvalue weighted by Gasteiger charge is 2.28. The predicted molar refractivity (Wildman–Crippen MR) is 151 cm³/mol. The summed E-state index contributed by atoms with van der Waals surface area (Å²) in [6, 6.07) is 36.0. The molecule has 37 heavy (non-hydrogen) atoms. The maximum atomic E-state index is 12.1. The lowest BCUT2D eigenvalue weighted by Gasteiger charge is -2.19. The van der Waals surface area contributed by atoms with Gasteiger partial charge in [0.15, 0.2) is 0 Å². The van der Waals surface area contributed by atoms with E-state index in [0.29, 0.717) is 11.1 Å². The van der Waals surface area contributed by atoms with E-state index in [1.54, 1.807) is 6.07 Å². The molecule has 0 spiro atoms. The summed E-state index contributed by atoms with van der Waals surface area (Å²) >= 11 is 1.92. The number of carbonyl (C=O) groups excluding carboxylic acids is 2. The number of unbranched alkanes of at least 4 members (excludes halogenated alkanes) is 3. The van der Waals surface area contributed by atoms with Gasteiger partial charge in [-0.2, -0.15) is 0 Å². The van der Waals surface area contributed by atoms with E-state index < -0.39 is 0 Å². The third-order valence-electron chi connectivity index (χ3n) is 6.92. The van der Waals surface area contributed by atoms with E-state index in [1.165, 1.54) is 21.6 Å². The van der Waals surface area contributed by atoms with Crippen LogP contribution in [0.15, 0.2) is 108 Å². The maximum Gasteiger partial charge on any atom is 0.259 e. The second-order valence-corrected chi connectivity index (χ2v) is 10.6. The zero-order valence-corrected chi connectivity index (χ0v) is 21.7. The predicted octanol–water partition coefficient (Wildman–Crippen LogP) is 7.65. The summed E-state index contributed by atoms with van der Waals surface area (Å²) in [4.78, 5) is 25.3. The summed E-state index contributed by atoms with van der Waals surface area (Å²) in [6.07, 6.45) is 5.28. The molecule has 2 amide bonds. The lowest BCUT2D eigenvalue weighted by Crippen LogP contribution is -2.20. The fourth-order valence-corrected chi connectivity index (χ4v) is 6.09. The van der Waals surface area contributed by atoms with E-state index in [4.69, 9.17) is 0 Å². The fraction of sp³-hybridized carbons (Fsp3) is 0.212. The van der Waals surface area contributed by atoms with Gasteiger partial charge in [0.2, 0.25) is 0 Å². The number of rotatable bonds is 11. The number of amides is 2. The maximum absolute atomic E-state index is 12.1. The molecule has 0 radical (unpaired) electrons. The van der Waals surface area contributed by atoms with Crippen LogP contribution in [0.3, 0.4) is 0 Å². The Morgan fingerprint density at radius 1 is 0.622 bits per heavy atom. The third kappa shape index (κ3) is 6.03. The number of hydrogen-bond donors (Lipinski definition) is 1. The summed E-state index contributed by atoms with van der Waals surface area (Å²) in [5, 5.41) is 2.41. The highest BCUT2D eigenvalue weighted by molar-refractivity contribution is 7.99. The van der Waals surface area contributed by atoms with Crippen LogP contribution in [0.4, 0.5) is 0 Å². The first-order valence-electron chi connectivity index (χ1n) is 13.0. The molecule has 0 bridgehead atoms. The molecular formula is C33H31NO2S. The highest BCUT2D eigenvalue weighted by atomic mass is 32.2. The number of imide groups is 1. The Kier molecular flexibility index (Phi) is 8.17. The van der Waals surface area contributed by atoms with Gasteiger partial charge in [0.1, 0.15) is 0 Å². The number of hydrogen-bond acceptors (Lipinski definition) is 3. The van der Waals surface area contributed by atoms with Crippen molar-refractivity contribution in [2.24, 2.45) is 0 Å². The van der Waals surface area contributed by atoms with E-state index >= 15 is 0 Å². The molecule has 0 unspecified atom stereocenters. The summed E-state index contributed by atoms with van der Waals surface area (Å²) < 4.78 is 0. The van der Waals surface area contributed by atoms with Crippen LogP contribution >= 0.6 is 11.8 Å². The standard InChI is InChI=1S/C33H31NO2S/c35-32-29-21-12-18-26(31(29)33(36)34-32)17-5-1-2-10-22-37-28-20-11-19-27(23-28)30(24-13-6-3-7-14-24)25-15-8-4-9-16-25/h3-4,6-9,11-16,18-21,23,30H,1-2,5,10,17,22H2,(H,34,35,36). The molecule has 186 valence electrons.